The minimum absolute atomic E-state index is 0.186. The highest BCUT2D eigenvalue weighted by Gasteiger charge is 2.03. The van der Waals surface area contributed by atoms with Crippen molar-refractivity contribution in [3.8, 4) is 0 Å². The van der Waals surface area contributed by atoms with E-state index in [1.807, 2.05) is 0 Å². The van der Waals surface area contributed by atoms with Crippen molar-refractivity contribution in [2.75, 3.05) is 5.72 Å². The Morgan fingerprint density at radius 1 is 1.55 bits per heavy atom. The van der Waals surface area contributed by atoms with Crippen LogP contribution in [0.2, 0.25) is 2.82 Å². The first-order chi connectivity index (χ1) is 6.20. The maximum absolute atomic E-state index is 7.07. The Hall–Kier alpha value is -1.65. The molecule has 0 radical (unpaired) electrons. The van der Waals surface area contributed by atoms with E-state index in [4.69, 9.17) is 2.82 Å². The van der Waals surface area contributed by atoms with Gasteiger partial charge in [0.15, 0.2) is 14.3 Å². The van der Waals surface area contributed by atoms with Crippen molar-refractivity contribution in [2.45, 2.75) is 0 Å². The van der Waals surface area contributed by atoms with E-state index in [1.165, 1.54) is 6.33 Å². The van der Waals surface area contributed by atoms with Crippen LogP contribution in [0.3, 0.4) is 0 Å². The third-order valence-corrected chi connectivity index (χ3v) is 1.48. The zero-order valence-corrected chi connectivity index (χ0v) is 5.89. The lowest BCUT2D eigenvalue weighted by Gasteiger charge is -1.92. The van der Waals surface area contributed by atoms with Crippen molar-refractivity contribution >= 4 is 17.0 Å². The second-order valence-corrected chi connectivity index (χ2v) is 2.22. The summed E-state index contributed by atoms with van der Waals surface area (Å²) in [6.07, 6.45) is 2.89. The number of nitrogens with zero attached hydrogens (tertiary/aromatic N) is 4. The number of rotatable bonds is 1. The molecule has 0 aliphatic carbocycles. The Balaban J connectivity index is 2.77. The molecule has 0 amide bonds. The van der Waals surface area contributed by atoms with Crippen LogP contribution in [0.25, 0.3) is 11.2 Å². The number of imidazole rings is 1. The Morgan fingerprint density at radius 2 is 2.45 bits per heavy atom. The number of nitrogens with two attached hydrogens (primary N) is 1. The van der Waals surface area contributed by atoms with Crippen LogP contribution in [0, 0.1) is 0 Å². The zero-order valence-electron chi connectivity index (χ0n) is 7.89. The van der Waals surface area contributed by atoms with Crippen molar-refractivity contribution < 1.29 is 2.82 Å². The minimum Gasteiger partial charge on any atom is -0.382 e. The maximum Gasteiger partial charge on any atom is 0.165 e. The summed E-state index contributed by atoms with van der Waals surface area (Å²) in [5.41, 5.74) is 1.52. The Kier molecular flexibility index (Phi) is 0.744. The van der Waals surface area contributed by atoms with Gasteiger partial charge in [0.25, 0.3) is 0 Å². The quantitative estimate of drug-likeness (QED) is 0.620. The van der Waals surface area contributed by atoms with Crippen LogP contribution >= 0.6 is 0 Å². The summed E-state index contributed by atoms with van der Waals surface area (Å²) in [7, 11) is 1.80. The monoisotopic (exact) mass is 151 g/mol. The molecule has 0 atom stereocenters. The molecule has 0 aliphatic rings. The minimum atomic E-state index is 0.186. The molecule has 0 fully saturated rings. The van der Waals surface area contributed by atoms with Crippen molar-refractivity contribution in [3.05, 3.63) is 12.7 Å². The second-order valence-electron chi connectivity index (χ2n) is 2.22. The van der Waals surface area contributed by atoms with Gasteiger partial charge >= 0.3 is 0 Å². The number of hydrogen-bond donors (Lipinski definition) is 1. The fraction of sp³-hybridized carbons (Fsp3) is 0.167. The molecule has 5 nitrogen and oxygen atoms in total. The first-order valence-electron chi connectivity index (χ1n) is 3.99. The van der Waals surface area contributed by atoms with Gasteiger partial charge in [-0.05, 0) is 0 Å². The lowest BCUT2D eigenvalue weighted by Crippen LogP contribution is -1.94. The molecule has 2 N–H and O–H groups in total. The number of aromatic nitrogens is 4. The molecule has 0 saturated carbocycles. The average Bonchev–Trinajstić information content (AvgIpc) is 2.48. The molecule has 11 heavy (non-hydrogen) atoms. The second kappa shape index (κ2) is 1.91. The van der Waals surface area contributed by atoms with Gasteiger partial charge in [-0.3, -0.25) is 0 Å². The summed E-state index contributed by atoms with van der Waals surface area (Å²) < 4.78 is 15.9. The molecule has 0 aliphatic heterocycles. The summed E-state index contributed by atoms with van der Waals surface area (Å²) in [6.45, 7) is 0. The molecular formula is C6H7N5. The van der Waals surface area contributed by atoms with Gasteiger partial charge in [-0.15, -0.1) is 0 Å². The highest BCUT2D eigenvalue weighted by atomic mass is 15.1. The first-order valence-corrected chi connectivity index (χ1v) is 3.10. The van der Waals surface area contributed by atoms with Gasteiger partial charge in [0.05, 0.1) is 6.33 Å². The predicted molar refractivity (Wildman–Crippen MR) is 40.7 cm³/mol. The fourth-order valence-corrected chi connectivity index (χ4v) is 0.933. The van der Waals surface area contributed by atoms with Crippen LogP contribution in [-0.2, 0) is 7.05 Å². The van der Waals surface area contributed by atoms with Crippen LogP contribution in [-0.4, -0.2) is 19.5 Å². The van der Waals surface area contributed by atoms with E-state index < -0.39 is 0 Å². The van der Waals surface area contributed by atoms with E-state index in [9.17, 15) is 0 Å². The molecule has 0 aromatic carbocycles. The predicted octanol–water partition coefficient (Wildman–Crippen LogP) is -0.0545. The van der Waals surface area contributed by atoms with E-state index in [-0.39, 0.29) is 5.82 Å². The highest BCUT2D eigenvalue weighted by Crippen LogP contribution is 2.11. The summed E-state index contributed by atoms with van der Waals surface area (Å²) in [4.78, 5) is 11.8. The van der Waals surface area contributed by atoms with Gasteiger partial charge in [-0.2, -0.15) is 0 Å². The van der Waals surface area contributed by atoms with Crippen molar-refractivity contribution in [1.29, 1.82) is 0 Å². The lowest BCUT2D eigenvalue weighted by molar-refractivity contribution is 0.928. The van der Waals surface area contributed by atoms with Crippen LogP contribution < -0.4 is 5.72 Å². The molecule has 56 valence electrons. The standard InChI is InChI=1S/C6H7N5/c1-11-3-10-4-5(7)8-2-9-6(4)11/h2-3H,1H3,(H2,7,8,9)/i/hD2. The van der Waals surface area contributed by atoms with Gasteiger partial charge in [0.1, 0.15) is 11.8 Å². The van der Waals surface area contributed by atoms with Crippen LogP contribution in [0.15, 0.2) is 12.7 Å². The lowest BCUT2D eigenvalue weighted by atomic mass is 10.5. The van der Waals surface area contributed by atoms with Gasteiger partial charge in [0, 0.05) is 7.05 Å². The summed E-state index contributed by atoms with van der Waals surface area (Å²) in [5.74, 6) is 0.186. The van der Waals surface area contributed by atoms with Gasteiger partial charge < -0.3 is 10.3 Å². The third kappa shape index (κ3) is 0.739. The molecule has 0 bridgehead atoms. The van der Waals surface area contributed by atoms with Crippen LogP contribution in [0.4, 0.5) is 5.82 Å². The molecule has 0 saturated heterocycles. The van der Waals surface area contributed by atoms with Crippen molar-refractivity contribution in [2.24, 2.45) is 7.05 Å². The highest BCUT2D eigenvalue weighted by molar-refractivity contribution is 5.80. The van der Waals surface area contributed by atoms with E-state index in [2.05, 4.69) is 15.0 Å². The molecular weight excluding hydrogens is 142 g/mol. The molecule has 5 heteroatoms. The van der Waals surface area contributed by atoms with Crippen LogP contribution in [0.1, 0.15) is 0 Å². The van der Waals surface area contributed by atoms with E-state index >= 15 is 0 Å². The summed E-state index contributed by atoms with van der Waals surface area (Å²) in [6, 6.07) is 0. The topological polar surface area (TPSA) is 69.6 Å². The third-order valence-electron chi connectivity index (χ3n) is 1.48. The van der Waals surface area contributed by atoms with E-state index in [1.54, 1.807) is 17.9 Å². The van der Waals surface area contributed by atoms with Gasteiger partial charge in [-0.1, -0.05) is 0 Å². The SMILES string of the molecule is [2H]N([2H])c1ncnc2c1ncn2C. The van der Waals surface area contributed by atoms with Gasteiger partial charge in [0.2, 0.25) is 0 Å². The zero-order chi connectivity index (χ0) is 9.42. The van der Waals surface area contributed by atoms with Crippen LogP contribution in [0.5, 0.6) is 0 Å². The maximum atomic E-state index is 7.07. The molecule has 2 heterocycles. The largest absolute Gasteiger partial charge is 0.382 e. The smallest absolute Gasteiger partial charge is 0.165 e. The molecule has 0 spiro atoms. The normalized spacial score (nSPS) is 12.8. The Morgan fingerprint density at radius 3 is 3.27 bits per heavy atom. The summed E-state index contributed by atoms with van der Waals surface area (Å²) >= 11 is 0. The van der Waals surface area contributed by atoms with E-state index in [0.29, 0.717) is 16.9 Å². The first kappa shape index (κ1) is 4.27. The molecule has 2 aromatic rings. The number of hydrogen-bond acceptors (Lipinski definition) is 4. The van der Waals surface area contributed by atoms with Crippen molar-refractivity contribution in [3.63, 3.8) is 0 Å². The number of aryl methyl sites for hydroxylation is 1. The van der Waals surface area contributed by atoms with Gasteiger partial charge in [-0.25, -0.2) is 15.0 Å². The number of nitrogen functional groups attached to an aromatic ring is 1. The Labute approximate surface area is 65.8 Å². The molecule has 0 unspecified atom stereocenters. The molecule has 2 aromatic heterocycles. The van der Waals surface area contributed by atoms with E-state index in [0.717, 1.165) is 0 Å². The number of anilines is 1. The fourth-order valence-electron chi connectivity index (χ4n) is 0.933. The molecule has 2 rings (SSSR count). The Bertz CT molecular complexity index is 438. The summed E-state index contributed by atoms with van der Waals surface area (Å²) in [5, 5.41) is 0. The number of fused-ring (bicyclic) bond motifs is 1. The average molecular weight is 151 g/mol. The van der Waals surface area contributed by atoms with Crippen molar-refractivity contribution in [1.82, 2.24) is 19.5 Å².